The van der Waals surface area contributed by atoms with Crippen molar-refractivity contribution in [3.8, 4) is 0 Å². The minimum absolute atomic E-state index is 0.0183. The van der Waals surface area contributed by atoms with Gasteiger partial charge < -0.3 is 10.2 Å². The third-order valence-electron chi connectivity index (χ3n) is 3.69. The molecule has 5 heteroatoms. The molecule has 0 aliphatic carbocycles. The first-order chi connectivity index (χ1) is 9.84. The largest absolute Gasteiger partial charge is 0.417 e. The van der Waals surface area contributed by atoms with Crippen LogP contribution in [-0.4, -0.2) is 22.0 Å². The molecule has 0 fully saturated rings. The lowest BCUT2D eigenvalue weighted by Gasteiger charge is -2.20. The van der Waals surface area contributed by atoms with Crippen molar-refractivity contribution in [1.82, 2.24) is 10.2 Å². The van der Waals surface area contributed by atoms with Gasteiger partial charge in [0.2, 0.25) is 11.7 Å². The summed E-state index contributed by atoms with van der Waals surface area (Å²) in [5.74, 6) is 0.103. The molecule has 0 saturated carbocycles. The number of nitrogens with zero attached hydrogens (tertiary/aromatic N) is 2. The summed E-state index contributed by atoms with van der Waals surface area (Å²) in [4.78, 5) is 12.1. The van der Waals surface area contributed by atoms with Gasteiger partial charge in [0.1, 0.15) is 0 Å². The maximum absolute atomic E-state index is 12.1. The van der Waals surface area contributed by atoms with E-state index in [9.17, 15) is 4.79 Å². The molecule has 1 atom stereocenters. The Kier molecular flexibility index (Phi) is 4.23. The summed E-state index contributed by atoms with van der Waals surface area (Å²) in [5, 5.41) is 7.90. The number of benzene rings is 1. The third-order valence-corrected chi connectivity index (χ3v) is 3.69. The second kappa shape index (κ2) is 5.77. The van der Waals surface area contributed by atoms with Crippen LogP contribution in [0.5, 0.6) is 0 Å². The summed E-state index contributed by atoms with van der Waals surface area (Å²) in [7, 11) is 0. The van der Waals surface area contributed by atoms with E-state index in [-0.39, 0.29) is 17.6 Å². The highest BCUT2D eigenvalue weighted by Gasteiger charge is 2.32. The Morgan fingerprint density at radius 3 is 2.38 bits per heavy atom. The van der Waals surface area contributed by atoms with Crippen LogP contribution >= 0.6 is 0 Å². The van der Waals surface area contributed by atoms with Gasteiger partial charge in [-0.25, -0.2) is 0 Å². The van der Waals surface area contributed by atoms with Crippen LogP contribution < -0.4 is 5.73 Å². The van der Waals surface area contributed by atoms with Gasteiger partial charge in [0.15, 0.2) is 0 Å². The lowest BCUT2D eigenvalue weighted by molar-refractivity contribution is 0.0902. The summed E-state index contributed by atoms with van der Waals surface area (Å²) in [5.41, 5.74) is 6.42. The molecule has 1 aromatic heterocycles. The van der Waals surface area contributed by atoms with Crippen LogP contribution in [0.15, 0.2) is 34.7 Å². The molecule has 2 aromatic rings. The topological polar surface area (TPSA) is 82.0 Å². The highest BCUT2D eigenvalue weighted by Crippen LogP contribution is 2.30. The Labute approximate surface area is 124 Å². The Bertz CT molecular complexity index is 617. The fraction of sp³-hybridized carbons (Fsp3) is 0.438. The normalized spacial score (nSPS) is 13.4. The smallest absolute Gasteiger partial charge is 0.285 e. The first-order valence-electron chi connectivity index (χ1n) is 7.03. The molecule has 2 rings (SSSR count). The van der Waals surface area contributed by atoms with E-state index in [1.165, 1.54) is 0 Å². The molecule has 1 aromatic carbocycles. The van der Waals surface area contributed by atoms with Crippen molar-refractivity contribution < 1.29 is 9.21 Å². The zero-order valence-electron chi connectivity index (χ0n) is 12.8. The average molecular weight is 287 g/mol. The molecule has 21 heavy (non-hydrogen) atoms. The first-order valence-corrected chi connectivity index (χ1v) is 7.03. The number of carbonyl (C=O) groups is 1. The highest BCUT2D eigenvalue weighted by atomic mass is 16.4. The van der Waals surface area contributed by atoms with E-state index in [0.717, 1.165) is 5.56 Å². The second-order valence-electron chi connectivity index (χ2n) is 6.04. The highest BCUT2D eigenvalue weighted by molar-refractivity contribution is 5.96. The van der Waals surface area contributed by atoms with Gasteiger partial charge in [-0.3, -0.25) is 4.79 Å². The fourth-order valence-electron chi connectivity index (χ4n) is 2.00. The van der Waals surface area contributed by atoms with Crippen LogP contribution in [0.25, 0.3) is 0 Å². The van der Waals surface area contributed by atoms with Gasteiger partial charge in [-0.1, -0.05) is 44.2 Å². The van der Waals surface area contributed by atoms with E-state index in [0.29, 0.717) is 5.89 Å². The summed E-state index contributed by atoms with van der Waals surface area (Å²) < 4.78 is 5.58. The average Bonchev–Trinajstić information content (AvgIpc) is 2.97. The van der Waals surface area contributed by atoms with Crippen LogP contribution in [0.4, 0.5) is 0 Å². The fourth-order valence-corrected chi connectivity index (χ4v) is 2.00. The molecule has 0 spiro atoms. The van der Waals surface area contributed by atoms with E-state index < -0.39 is 11.5 Å². The number of nitrogens with two attached hydrogens (primary N) is 1. The molecule has 112 valence electrons. The Morgan fingerprint density at radius 1 is 1.19 bits per heavy atom. The van der Waals surface area contributed by atoms with Crippen LogP contribution in [0.3, 0.4) is 0 Å². The molecule has 0 aliphatic rings. The Balaban J connectivity index is 2.30. The van der Waals surface area contributed by atoms with E-state index in [4.69, 9.17) is 10.2 Å². The van der Waals surface area contributed by atoms with Crippen molar-refractivity contribution in [3.05, 3.63) is 47.7 Å². The number of hydrogen-bond acceptors (Lipinski definition) is 5. The molecular formula is C16H21N3O2. The van der Waals surface area contributed by atoms with Crippen molar-refractivity contribution in [2.75, 3.05) is 0 Å². The number of carbonyl (C=O) groups excluding carboxylic acids is 1. The maximum Gasteiger partial charge on any atom is 0.285 e. The van der Waals surface area contributed by atoms with E-state index >= 15 is 0 Å². The molecule has 1 heterocycles. The minimum atomic E-state index is -0.627. The number of aromatic nitrogens is 2. The molecular weight excluding hydrogens is 266 g/mol. The summed E-state index contributed by atoms with van der Waals surface area (Å²) in [6.07, 6.45) is 0. The predicted molar refractivity (Wildman–Crippen MR) is 80.0 cm³/mol. The van der Waals surface area contributed by atoms with Gasteiger partial charge in [-0.15, -0.1) is 10.2 Å². The molecule has 0 unspecified atom stereocenters. The van der Waals surface area contributed by atoms with Crippen LogP contribution in [0, 0.1) is 5.92 Å². The van der Waals surface area contributed by atoms with Gasteiger partial charge in [0, 0.05) is 0 Å². The van der Waals surface area contributed by atoms with Crippen LogP contribution in [0.1, 0.15) is 49.8 Å². The van der Waals surface area contributed by atoms with Crippen molar-refractivity contribution in [3.63, 3.8) is 0 Å². The van der Waals surface area contributed by atoms with E-state index in [1.807, 2.05) is 58.0 Å². The third kappa shape index (κ3) is 3.03. The number of rotatable bonds is 5. The first kappa shape index (κ1) is 15.4. The molecule has 0 saturated heterocycles. The summed E-state index contributed by atoms with van der Waals surface area (Å²) in [6, 6.07) is 9.21. The Morgan fingerprint density at radius 2 is 1.81 bits per heavy atom. The maximum atomic E-state index is 12.1. The van der Waals surface area contributed by atoms with Crippen LogP contribution in [0.2, 0.25) is 0 Å². The lowest BCUT2D eigenvalue weighted by Crippen LogP contribution is -2.35. The van der Waals surface area contributed by atoms with Gasteiger partial charge in [-0.2, -0.15) is 0 Å². The zero-order chi connectivity index (χ0) is 15.6. The predicted octanol–water partition coefficient (Wildman–Crippen LogP) is 2.56. The van der Waals surface area contributed by atoms with Crippen molar-refractivity contribution in [2.45, 2.75) is 39.2 Å². The minimum Gasteiger partial charge on any atom is -0.417 e. The summed E-state index contributed by atoms with van der Waals surface area (Å²) >= 11 is 0. The molecule has 0 bridgehead atoms. The molecule has 2 N–H and O–H groups in total. The number of hydrogen-bond donors (Lipinski definition) is 1. The van der Waals surface area contributed by atoms with Crippen molar-refractivity contribution in [2.24, 2.45) is 11.7 Å². The molecule has 0 aliphatic heterocycles. The van der Waals surface area contributed by atoms with Crippen molar-refractivity contribution in [1.29, 1.82) is 0 Å². The standard InChI is InChI=1S/C16H21N3O2/c1-10(2)12(17)13(20)14-18-19-15(21-14)16(3,4)11-8-6-5-7-9-11/h5-10,12H,17H2,1-4H3/t12-/m0/s1. The van der Waals surface area contributed by atoms with Gasteiger partial charge in [0.05, 0.1) is 11.5 Å². The SMILES string of the molecule is CC(C)[C@H](N)C(=O)c1nnc(C(C)(C)c2ccccc2)o1. The van der Waals surface area contributed by atoms with Gasteiger partial charge >= 0.3 is 0 Å². The number of Topliss-reactive ketones (excluding diaryl/α,β-unsaturated/α-hetero) is 1. The van der Waals surface area contributed by atoms with Crippen LogP contribution in [-0.2, 0) is 5.41 Å². The summed E-state index contributed by atoms with van der Waals surface area (Å²) in [6.45, 7) is 7.72. The molecule has 0 amide bonds. The second-order valence-corrected chi connectivity index (χ2v) is 6.04. The lowest BCUT2D eigenvalue weighted by atomic mass is 9.85. The van der Waals surface area contributed by atoms with Crippen molar-refractivity contribution >= 4 is 5.78 Å². The Hall–Kier alpha value is -2.01. The van der Waals surface area contributed by atoms with E-state index in [2.05, 4.69) is 10.2 Å². The quantitative estimate of drug-likeness (QED) is 0.855. The van der Waals surface area contributed by atoms with Gasteiger partial charge in [0.25, 0.3) is 5.89 Å². The zero-order valence-corrected chi connectivity index (χ0v) is 12.8. The van der Waals surface area contributed by atoms with Gasteiger partial charge in [-0.05, 0) is 25.3 Å². The monoisotopic (exact) mass is 287 g/mol. The van der Waals surface area contributed by atoms with E-state index in [1.54, 1.807) is 0 Å². The number of ketones is 1. The molecule has 0 radical (unpaired) electrons. The molecule has 5 nitrogen and oxygen atoms in total.